The summed E-state index contributed by atoms with van der Waals surface area (Å²) in [6, 6.07) is -5.00. The van der Waals surface area contributed by atoms with Crippen molar-refractivity contribution in [3.8, 4) is 0 Å². The van der Waals surface area contributed by atoms with Gasteiger partial charge in [-0.3, -0.25) is 13.6 Å². The van der Waals surface area contributed by atoms with Crippen LogP contribution in [0.4, 0.5) is 0 Å². The second-order valence-electron chi connectivity index (χ2n) is 22.1. The number of aliphatic hydroxyl groups is 17. The van der Waals surface area contributed by atoms with Crippen molar-refractivity contribution in [2.75, 3.05) is 33.0 Å². The van der Waals surface area contributed by atoms with Gasteiger partial charge in [0.15, 0.2) is 43.8 Å². The third kappa shape index (κ3) is 16.8. The normalized spacial score (nSPS) is 49.1. The third-order valence-electron chi connectivity index (χ3n) is 15.7. The summed E-state index contributed by atoms with van der Waals surface area (Å²) in [6.07, 6.45) is -67.5. The number of hydrogen-bond acceptors (Lipinski definition) is 39. The number of nitrogens with two attached hydrogens (primary N) is 3. The second-order valence-corrected chi connectivity index (χ2v) is 24.6. The van der Waals surface area contributed by atoms with Crippen LogP contribution in [0.1, 0.15) is 13.3 Å². The molecule has 36 atom stereocenters. The molecular weight excluding hydrogens is 1290 g/mol. The molecule has 7 aliphatic rings. The second kappa shape index (κ2) is 30.5. The van der Waals surface area contributed by atoms with E-state index in [0.717, 1.165) is 0 Å². The highest BCUT2D eigenvalue weighted by atomic mass is 31.2. The van der Waals surface area contributed by atoms with Gasteiger partial charge in [0.2, 0.25) is 0 Å². The molecule has 0 spiro atoms. The number of aliphatic hydroxyl groups excluding tert-OH is 17. The fourth-order valence-electron chi connectivity index (χ4n) is 10.5. The van der Waals surface area contributed by atoms with E-state index in [9.17, 15) is 130 Å². The third-order valence-corrected chi connectivity index (χ3v) is 17.3. The van der Waals surface area contributed by atoms with Crippen molar-refractivity contribution in [1.29, 1.82) is 0 Å². The first-order valence-corrected chi connectivity index (χ1v) is 30.3. The van der Waals surface area contributed by atoms with Crippen LogP contribution in [0, 0.1) is 0 Å². The van der Waals surface area contributed by atoms with E-state index in [0.29, 0.717) is 0 Å². The molecule has 44 nitrogen and oxygen atoms in total. The highest BCUT2D eigenvalue weighted by molar-refractivity contribution is 7.47. The lowest BCUT2D eigenvalue weighted by atomic mass is 9.91. The van der Waals surface area contributed by atoms with Crippen LogP contribution in [-0.4, -0.2) is 371 Å². The number of rotatable bonds is 24. The SMILES string of the molecule is C[C@H]1O[C@H](OC[C@H]2O[C@H](OC[C@H]3O[C@H](O[C@H]4[C@@H]([C@H](O)CO)O[C@@](OC[C@H]5O[C@@H](OC[C@H]6O[C@H](O)[C@H](N)[C@@H](O)[C@@H]6O)[C@H](N)[C@@H](N)[C@@H]5OP(=O)(O)O)(C(=O)O)C[C@H]4OP(=O)(O)O[C@H]4O[C@H](C(=O)O)[C@H](O)[C@H](O)[C@H]4O)[C@@H](O)[C@@H](O)[C@@H]3O)[C@@H](O)[C@@H](O)[C@@H]2O)[C@@H](O)[C@@H](O)[C@@H]1O. The molecule has 0 radical (unpaired) electrons. The Morgan fingerprint density at radius 3 is 1.54 bits per heavy atom. The Morgan fingerprint density at radius 1 is 0.522 bits per heavy atom. The van der Waals surface area contributed by atoms with Crippen molar-refractivity contribution in [2.24, 2.45) is 17.2 Å². The average Bonchev–Trinajstić information content (AvgIpc) is 0.766. The van der Waals surface area contributed by atoms with E-state index in [1.165, 1.54) is 6.92 Å². The van der Waals surface area contributed by atoms with Gasteiger partial charge in [0.05, 0.1) is 57.3 Å². The Morgan fingerprint density at radius 2 is 1.00 bits per heavy atom. The number of carbonyl (C=O) groups is 2. The number of ether oxygens (including phenoxy) is 12. The van der Waals surface area contributed by atoms with Crippen LogP contribution in [0.5, 0.6) is 0 Å². The zero-order valence-corrected chi connectivity index (χ0v) is 48.4. The summed E-state index contributed by atoms with van der Waals surface area (Å²) in [5, 5.41) is 201. The van der Waals surface area contributed by atoms with Crippen LogP contribution in [0.2, 0.25) is 0 Å². The van der Waals surface area contributed by atoms with Crippen molar-refractivity contribution in [2.45, 2.75) is 228 Å². The molecule has 90 heavy (non-hydrogen) atoms. The molecule has 0 aromatic carbocycles. The Bertz CT molecular complexity index is 2450. The zero-order chi connectivity index (χ0) is 67.1. The molecule has 0 aromatic heterocycles. The molecule has 0 aromatic rings. The molecule has 7 saturated heterocycles. The number of phosphoric ester groups is 2. The molecule has 524 valence electrons. The summed E-state index contributed by atoms with van der Waals surface area (Å²) in [4.78, 5) is 56.6. The summed E-state index contributed by atoms with van der Waals surface area (Å²) >= 11 is 0. The number of aliphatic carboxylic acids is 2. The lowest BCUT2D eigenvalue weighted by Gasteiger charge is -2.50. The van der Waals surface area contributed by atoms with Crippen LogP contribution in [-0.2, 0) is 89.1 Å². The molecule has 0 saturated carbocycles. The molecule has 1 unspecified atom stereocenters. The molecule has 28 N–H and O–H groups in total. The number of carboxylic acid groups (broad SMARTS) is 2. The molecule has 7 aliphatic heterocycles. The predicted octanol–water partition coefficient (Wildman–Crippen LogP) is -15.2. The summed E-state index contributed by atoms with van der Waals surface area (Å²) in [6.45, 7) is -4.26. The number of carboxylic acids is 2. The quantitative estimate of drug-likeness (QED) is 0.0399. The maximum Gasteiger partial charge on any atom is 0.474 e. The fourth-order valence-corrected chi connectivity index (χ4v) is 12.1. The van der Waals surface area contributed by atoms with Crippen molar-refractivity contribution in [1.82, 2.24) is 0 Å². The van der Waals surface area contributed by atoms with Crippen LogP contribution >= 0.6 is 15.6 Å². The Kier molecular flexibility index (Phi) is 25.5. The van der Waals surface area contributed by atoms with Gasteiger partial charge in [0.1, 0.15) is 140 Å². The first-order chi connectivity index (χ1) is 41.8. The van der Waals surface area contributed by atoms with E-state index in [1.54, 1.807) is 0 Å². The Labute approximate surface area is 505 Å². The van der Waals surface area contributed by atoms with E-state index in [4.69, 9.17) is 87.6 Å². The van der Waals surface area contributed by atoms with Gasteiger partial charge in [0.25, 0.3) is 5.79 Å². The molecule has 7 fully saturated rings. The largest absolute Gasteiger partial charge is 0.479 e. The summed E-state index contributed by atoms with van der Waals surface area (Å²) in [5.41, 5.74) is 18.1. The van der Waals surface area contributed by atoms with Crippen molar-refractivity contribution >= 4 is 27.6 Å². The molecule has 7 heterocycles. The molecule has 46 heteroatoms. The van der Waals surface area contributed by atoms with Crippen LogP contribution in [0.25, 0.3) is 0 Å². The maximum absolute atomic E-state index is 14.1. The van der Waals surface area contributed by atoms with Gasteiger partial charge in [-0.05, 0) is 6.92 Å². The highest BCUT2D eigenvalue weighted by Gasteiger charge is 2.61. The van der Waals surface area contributed by atoms with Gasteiger partial charge in [-0.25, -0.2) is 18.7 Å². The van der Waals surface area contributed by atoms with Gasteiger partial charge >= 0.3 is 27.6 Å². The minimum atomic E-state index is -6.25. The summed E-state index contributed by atoms with van der Waals surface area (Å²) in [5.74, 6) is -7.90. The lowest BCUT2D eigenvalue weighted by molar-refractivity contribution is -0.373. The van der Waals surface area contributed by atoms with E-state index >= 15 is 0 Å². The molecule has 7 rings (SSSR count). The lowest BCUT2D eigenvalue weighted by Crippen LogP contribution is -2.68. The van der Waals surface area contributed by atoms with Crippen molar-refractivity contribution < 1.29 is 201 Å². The predicted molar refractivity (Wildman–Crippen MR) is 270 cm³/mol. The Hall–Kier alpha value is -2.12. The van der Waals surface area contributed by atoms with Crippen LogP contribution in [0.15, 0.2) is 0 Å². The summed E-state index contributed by atoms with van der Waals surface area (Å²) < 4.78 is 108. The number of phosphoric acid groups is 2. The van der Waals surface area contributed by atoms with Crippen molar-refractivity contribution in [3.63, 3.8) is 0 Å². The maximum atomic E-state index is 14.1. The minimum Gasteiger partial charge on any atom is -0.479 e. The first-order valence-electron chi connectivity index (χ1n) is 27.2. The molecule has 0 bridgehead atoms. The standard InChI is InChI=1S/C44H77N3O41P2/c1-8-18(50)23(55)28(60)39(78-8)75-5-12-20(52)24(56)29(61)40(80-12)76-6-13-21(53)25(57)30(62)41(81-13)83-34-10(86-90(72,73)88-42-31(63)26(58)27(59)35(84-42)36(64)65)2-44(43(67)68,85-32(34)9(49)3-48)77-7-14-33(87-89(69,70)71)15(45)16(46)38(82-14)74-4-11-19(51)22(54)17(47)37(66)79-11/h8-35,37-42,48-63,66H,2-7,45-47H2,1H3,(H,64,65)(H,67,68)(H,72,73)(H2,69,70,71)/t8-,9-,10-,11-,12-,13-,14-,15-,16-,17-,18-,19-,20-,21-,22-,23+,24+,25+,26+,27-,28+,29+,30+,31-,32-,33-,34-,35+,37+,38-,39+,40+,41-,42-,44-/m1/s1. The van der Waals surface area contributed by atoms with Gasteiger partial charge in [-0.2, -0.15) is 0 Å². The zero-order valence-electron chi connectivity index (χ0n) is 46.6. The minimum absolute atomic E-state index is 0.779. The van der Waals surface area contributed by atoms with Crippen LogP contribution < -0.4 is 17.2 Å². The highest BCUT2D eigenvalue weighted by Crippen LogP contribution is 2.52. The monoisotopic (exact) mass is 1370 g/mol. The van der Waals surface area contributed by atoms with Gasteiger partial charge < -0.3 is 186 Å². The molecule has 0 aliphatic carbocycles. The van der Waals surface area contributed by atoms with E-state index in [-0.39, 0.29) is 0 Å². The summed E-state index contributed by atoms with van der Waals surface area (Å²) in [7, 11) is -11.9. The van der Waals surface area contributed by atoms with Crippen LogP contribution in [0.3, 0.4) is 0 Å². The molecular formula is C44H77N3O41P2. The molecule has 0 amide bonds. The number of hydrogen-bond donors (Lipinski definition) is 25. The average molecular weight is 1370 g/mol. The van der Waals surface area contributed by atoms with E-state index < -0.39 is 281 Å². The first kappa shape index (κ1) is 75.3. The topological polar surface area (TPSA) is 730 Å². The van der Waals surface area contributed by atoms with Crippen molar-refractivity contribution in [3.05, 3.63) is 0 Å². The van der Waals surface area contributed by atoms with Gasteiger partial charge in [0, 0.05) is 6.42 Å². The van der Waals surface area contributed by atoms with Gasteiger partial charge in [-0.15, -0.1) is 0 Å². The van der Waals surface area contributed by atoms with Gasteiger partial charge in [-0.1, -0.05) is 0 Å². The van der Waals surface area contributed by atoms with E-state index in [2.05, 4.69) is 0 Å². The Balaban J connectivity index is 1.17. The van der Waals surface area contributed by atoms with E-state index in [1.807, 2.05) is 0 Å². The fraction of sp³-hybridized carbons (Fsp3) is 0.955. The smallest absolute Gasteiger partial charge is 0.474 e.